The molecule has 6 heteroatoms. The van der Waals surface area contributed by atoms with Crippen LogP contribution in [0.3, 0.4) is 0 Å². The van der Waals surface area contributed by atoms with Crippen LogP contribution in [0.15, 0.2) is 12.2 Å². The van der Waals surface area contributed by atoms with Crippen molar-refractivity contribution in [2.24, 2.45) is 0 Å². The molecule has 0 aromatic carbocycles. The van der Waals surface area contributed by atoms with E-state index >= 15 is 0 Å². The van der Waals surface area contributed by atoms with Crippen molar-refractivity contribution in [3.05, 3.63) is 12.2 Å². The second kappa shape index (κ2) is 58.2. The molecule has 0 rings (SSSR count). The van der Waals surface area contributed by atoms with Gasteiger partial charge in [0.05, 0.1) is 25.4 Å². The van der Waals surface area contributed by atoms with Gasteiger partial charge >= 0.3 is 5.97 Å². The van der Waals surface area contributed by atoms with Gasteiger partial charge in [-0.1, -0.05) is 296 Å². The number of rotatable bonds is 58. The van der Waals surface area contributed by atoms with Crippen molar-refractivity contribution in [3.8, 4) is 0 Å². The van der Waals surface area contributed by atoms with Crippen LogP contribution in [0.5, 0.6) is 0 Å². The maximum atomic E-state index is 12.5. The van der Waals surface area contributed by atoms with Gasteiger partial charge in [0.2, 0.25) is 5.91 Å². The lowest BCUT2D eigenvalue weighted by molar-refractivity contribution is -0.143. The van der Waals surface area contributed by atoms with E-state index in [0.29, 0.717) is 25.9 Å². The number of unbranched alkanes of at least 4 members (excludes halogenated alkanes) is 45. The first-order valence-electron chi connectivity index (χ1n) is 30.9. The third kappa shape index (κ3) is 53.9. The molecule has 0 saturated heterocycles. The van der Waals surface area contributed by atoms with Gasteiger partial charge in [0.25, 0.3) is 0 Å². The molecule has 404 valence electrons. The van der Waals surface area contributed by atoms with Gasteiger partial charge < -0.3 is 20.3 Å². The van der Waals surface area contributed by atoms with Crippen molar-refractivity contribution < 1.29 is 24.5 Å². The Morgan fingerprint density at radius 3 is 1.04 bits per heavy atom. The molecule has 0 bridgehead atoms. The van der Waals surface area contributed by atoms with E-state index in [0.717, 1.165) is 38.5 Å². The first-order valence-corrected chi connectivity index (χ1v) is 30.9. The molecule has 0 fully saturated rings. The number of hydrogen-bond donors (Lipinski definition) is 3. The summed E-state index contributed by atoms with van der Waals surface area (Å²) < 4.78 is 5.49. The molecular weight excluding hydrogens is 839 g/mol. The van der Waals surface area contributed by atoms with Gasteiger partial charge in [0, 0.05) is 12.8 Å². The van der Waals surface area contributed by atoms with E-state index in [4.69, 9.17) is 4.74 Å². The van der Waals surface area contributed by atoms with Crippen LogP contribution in [0, 0.1) is 0 Å². The predicted molar refractivity (Wildman–Crippen MR) is 297 cm³/mol. The zero-order valence-electron chi connectivity index (χ0n) is 46.1. The van der Waals surface area contributed by atoms with Crippen molar-refractivity contribution >= 4 is 11.9 Å². The molecule has 68 heavy (non-hydrogen) atoms. The lowest BCUT2D eigenvalue weighted by Crippen LogP contribution is -2.45. The fraction of sp³-hybridized carbons (Fsp3) is 0.935. The van der Waals surface area contributed by atoms with E-state index in [2.05, 4.69) is 31.3 Å². The summed E-state index contributed by atoms with van der Waals surface area (Å²) in [4.78, 5) is 24.6. The number of ether oxygens (including phenoxy) is 1. The molecule has 0 aliphatic carbocycles. The Kier molecular flexibility index (Phi) is 57.0. The monoisotopic (exact) mass is 960 g/mol. The first kappa shape index (κ1) is 66.6. The molecule has 0 saturated carbocycles. The second-order valence-corrected chi connectivity index (χ2v) is 21.4. The lowest BCUT2D eigenvalue weighted by atomic mass is 10.0. The van der Waals surface area contributed by atoms with Crippen molar-refractivity contribution in [1.29, 1.82) is 0 Å². The van der Waals surface area contributed by atoms with Gasteiger partial charge in [-0.25, -0.2) is 0 Å². The molecule has 0 aliphatic rings. The molecule has 0 aromatic rings. The fourth-order valence-electron chi connectivity index (χ4n) is 9.81. The number of esters is 1. The number of carbonyl (C=O) groups excluding carboxylic acids is 2. The van der Waals surface area contributed by atoms with E-state index in [-0.39, 0.29) is 18.5 Å². The van der Waals surface area contributed by atoms with Crippen LogP contribution in [-0.2, 0) is 14.3 Å². The molecule has 2 unspecified atom stereocenters. The number of hydrogen-bond acceptors (Lipinski definition) is 5. The summed E-state index contributed by atoms with van der Waals surface area (Å²) in [7, 11) is 0. The maximum Gasteiger partial charge on any atom is 0.305 e. The van der Waals surface area contributed by atoms with E-state index in [9.17, 15) is 19.8 Å². The van der Waals surface area contributed by atoms with Crippen molar-refractivity contribution in [2.75, 3.05) is 13.2 Å². The minimum atomic E-state index is -0.669. The molecule has 0 aliphatic heterocycles. The lowest BCUT2D eigenvalue weighted by Gasteiger charge is -2.22. The zero-order chi connectivity index (χ0) is 49.3. The van der Waals surface area contributed by atoms with Crippen molar-refractivity contribution in [1.82, 2.24) is 5.32 Å². The van der Waals surface area contributed by atoms with Crippen LogP contribution in [0.1, 0.15) is 348 Å². The molecule has 0 heterocycles. The summed E-state index contributed by atoms with van der Waals surface area (Å²) in [5, 5.41) is 23.3. The van der Waals surface area contributed by atoms with Gasteiger partial charge in [-0.3, -0.25) is 9.59 Å². The van der Waals surface area contributed by atoms with Crippen LogP contribution in [-0.4, -0.2) is 47.4 Å². The molecule has 0 aromatic heterocycles. The van der Waals surface area contributed by atoms with Crippen LogP contribution in [0.4, 0.5) is 0 Å². The molecule has 2 atom stereocenters. The number of aliphatic hydroxyl groups is 2. The molecule has 0 spiro atoms. The quantitative estimate of drug-likeness (QED) is 0.0321. The summed E-state index contributed by atoms with van der Waals surface area (Å²) in [6.07, 6.45) is 69.3. The Hall–Kier alpha value is -1.40. The smallest absolute Gasteiger partial charge is 0.305 e. The number of carbonyl (C=O) groups is 2. The van der Waals surface area contributed by atoms with Crippen molar-refractivity contribution in [3.63, 3.8) is 0 Å². The maximum absolute atomic E-state index is 12.5. The van der Waals surface area contributed by atoms with Gasteiger partial charge in [-0.05, 0) is 51.4 Å². The standard InChI is InChI=1S/C62H121NO5/c1-3-5-7-9-11-13-15-17-19-23-28-32-36-40-44-48-52-56-62(67)68-57-53-49-45-41-37-33-29-25-22-20-21-24-27-31-35-39-43-47-51-55-61(66)63-59(58-64)60(65)54-50-46-42-38-34-30-26-18-16-14-12-10-8-6-4-2/h20-21,59-60,64-65H,3-19,22-58H2,1-2H3,(H,63,66)/b21-20-. The highest BCUT2D eigenvalue weighted by Gasteiger charge is 2.20. The Balaban J connectivity index is 3.41. The largest absolute Gasteiger partial charge is 0.466 e. The number of allylic oxidation sites excluding steroid dienone is 2. The van der Waals surface area contributed by atoms with E-state index < -0.39 is 12.1 Å². The topological polar surface area (TPSA) is 95.9 Å². The average Bonchev–Trinajstić information content (AvgIpc) is 3.34. The van der Waals surface area contributed by atoms with Crippen molar-refractivity contribution in [2.45, 2.75) is 360 Å². The molecule has 0 radical (unpaired) electrons. The van der Waals surface area contributed by atoms with Gasteiger partial charge in [-0.15, -0.1) is 0 Å². The number of aliphatic hydroxyl groups excluding tert-OH is 2. The summed E-state index contributed by atoms with van der Waals surface area (Å²) in [5.74, 6) is -0.0336. The van der Waals surface area contributed by atoms with Gasteiger partial charge in [-0.2, -0.15) is 0 Å². The Bertz CT molecular complexity index is 1020. The Labute approximate surface area is 425 Å². The average molecular weight is 961 g/mol. The van der Waals surface area contributed by atoms with Crippen LogP contribution in [0.25, 0.3) is 0 Å². The van der Waals surface area contributed by atoms with Gasteiger partial charge in [0.15, 0.2) is 0 Å². The van der Waals surface area contributed by atoms with Gasteiger partial charge in [0.1, 0.15) is 0 Å². The third-order valence-corrected chi connectivity index (χ3v) is 14.6. The Morgan fingerprint density at radius 1 is 0.397 bits per heavy atom. The van der Waals surface area contributed by atoms with E-state index in [1.54, 1.807) is 0 Å². The fourth-order valence-corrected chi connectivity index (χ4v) is 9.81. The normalized spacial score (nSPS) is 12.6. The summed E-state index contributed by atoms with van der Waals surface area (Å²) >= 11 is 0. The summed E-state index contributed by atoms with van der Waals surface area (Å²) in [6.45, 7) is 4.97. The highest BCUT2D eigenvalue weighted by molar-refractivity contribution is 5.76. The van der Waals surface area contributed by atoms with E-state index in [1.807, 2.05) is 0 Å². The zero-order valence-corrected chi connectivity index (χ0v) is 46.1. The third-order valence-electron chi connectivity index (χ3n) is 14.6. The van der Waals surface area contributed by atoms with Crippen LogP contribution < -0.4 is 5.32 Å². The van der Waals surface area contributed by atoms with E-state index in [1.165, 1.54) is 276 Å². The highest BCUT2D eigenvalue weighted by atomic mass is 16.5. The minimum Gasteiger partial charge on any atom is -0.466 e. The summed E-state index contributed by atoms with van der Waals surface area (Å²) in [6, 6.07) is -0.548. The molecule has 6 nitrogen and oxygen atoms in total. The number of nitrogens with one attached hydrogen (secondary N) is 1. The van der Waals surface area contributed by atoms with Crippen LogP contribution in [0.2, 0.25) is 0 Å². The summed E-state index contributed by atoms with van der Waals surface area (Å²) in [5.41, 5.74) is 0. The second-order valence-electron chi connectivity index (χ2n) is 21.4. The highest BCUT2D eigenvalue weighted by Crippen LogP contribution is 2.18. The number of amides is 1. The SMILES string of the molecule is CCCCCCCCCCCCCCCCCCCC(=O)OCCCCCCCCCC/C=C\CCCCCCCCCC(=O)NC(CO)C(O)CCCCCCCCCCCCCCCCC. The predicted octanol–water partition coefficient (Wildman–Crippen LogP) is 19.2. The minimum absolute atomic E-state index is 0.00865. The molecule has 3 N–H and O–H groups in total. The first-order chi connectivity index (χ1) is 33.5. The molecular formula is C62H121NO5. The Morgan fingerprint density at radius 2 is 0.691 bits per heavy atom. The van der Waals surface area contributed by atoms with Crippen LogP contribution >= 0.6 is 0 Å². The molecule has 1 amide bonds.